The summed E-state index contributed by atoms with van der Waals surface area (Å²) >= 11 is 6.30. The third kappa shape index (κ3) is 2.45. The molecule has 5 heteroatoms. The maximum atomic E-state index is 6.30. The van der Waals surface area contributed by atoms with Crippen LogP contribution in [0.25, 0.3) is 10.9 Å². The van der Waals surface area contributed by atoms with Gasteiger partial charge in [0.2, 0.25) is 0 Å². The van der Waals surface area contributed by atoms with Gasteiger partial charge in [-0.25, -0.2) is 4.98 Å². The highest BCUT2D eigenvalue weighted by Crippen LogP contribution is 2.39. The molecule has 0 aliphatic heterocycles. The topological polar surface area (TPSA) is 60.2 Å². The molecule has 1 aromatic heterocycles. The summed E-state index contributed by atoms with van der Waals surface area (Å²) in [6.45, 7) is 0. The Bertz CT molecular complexity index is 790. The van der Waals surface area contributed by atoms with Crippen molar-refractivity contribution in [1.82, 2.24) is 4.98 Å². The first-order chi connectivity index (χ1) is 10.2. The maximum Gasteiger partial charge on any atom is 0.153 e. The molecular weight excluding hydrogens is 286 g/mol. The number of pyridine rings is 1. The largest absolute Gasteiger partial charge is 0.455 e. The second kappa shape index (κ2) is 5.50. The van der Waals surface area contributed by atoms with Gasteiger partial charge in [-0.2, -0.15) is 0 Å². The molecule has 0 unspecified atom stereocenters. The van der Waals surface area contributed by atoms with E-state index >= 15 is 0 Å². The lowest BCUT2D eigenvalue weighted by atomic mass is 10.1. The van der Waals surface area contributed by atoms with Gasteiger partial charge in [-0.3, -0.25) is 0 Å². The van der Waals surface area contributed by atoms with Crippen LogP contribution in [0.5, 0.6) is 11.5 Å². The normalized spacial score (nSPS) is 10.6. The minimum atomic E-state index is 0.545. The number of rotatable bonds is 3. The number of anilines is 2. The van der Waals surface area contributed by atoms with Gasteiger partial charge >= 0.3 is 0 Å². The molecule has 0 saturated heterocycles. The SMILES string of the molecule is CNc1c(N)cnc2c(Oc3ccccc3)ccc(Cl)c12. The van der Waals surface area contributed by atoms with Crippen molar-refractivity contribution >= 4 is 33.9 Å². The van der Waals surface area contributed by atoms with E-state index in [1.54, 1.807) is 25.4 Å². The Hall–Kier alpha value is -2.46. The molecule has 0 fully saturated rings. The first-order valence-electron chi connectivity index (χ1n) is 6.48. The van der Waals surface area contributed by atoms with Crippen molar-refractivity contribution in [2.75, 3.05) is 18.1 Å². The average Bonchev–Trinajstić information content (AvgIpc) is 2.51. The van der Waals surface area contributed by atoms with Crippen LogP contribution in [0.15, 0.2) is 48.7 Å². The molecule has 3 rings (SSSR count). The molecule has 0 aliphatic carbocycles. The van der Waals surface area contributed by atoms with Crippen molar-refractivity contribution in [2.45, 2.75) is 0 Å². The molecule has 4 nitrogen and oxygen atoms in total. The summed E-state index contributed by atoms with van der Waals surface area (Å²) in [7, 11) is 1.80. The van der Waals surface area contributed by atoms with E-state index in [1.165, 1.54) is 0 Å². The molecule has 0 radical (unpaired) electrons. The summed E-state index contributed by atoms with van der Waals surface area (Å²) < 4.78 is 5.90. The van der Waals surface area contributed by atoms with Gasteiger partial charge in [0, 0.05) is 12.4 Å². The zero-order chi connectivity index (χ0) is 14.8. The van der Waals surface area contributed by atoms with E-state index in [0.29, 0.717) is 22.0 Å². The number of para-hydroxylation sites is 1. The summed E-state index contributed by atoms with van der Waals surface area (Å²) in [5, 5.41) is 4.40. The molecule has 21 heavy (non-hydrogen) atoms. The number of ether oxygens (including phenoxy) is 1. The van der Waals surface area contributed by atoms with Gasteiger partial charge in [0.05, 0.1) is 22.6 Å². The lowest BCUT2D eigenvalue weighted by Crippen LogP contribution is -1.99. The van der Waals surface area contributed by atoms with Crippen molar-refractivity contribution in [3.05, 3.63) is 53.7 Å². The fourth-order valence-corrected chi connectivity index (χ4v) is 2.47. The van der Waals surface area contributed by atoms with Crippen molar-refractivity contribution in [3.63, 3.8) is 0 Å². The van der Waals surface area contributed by atoms with E-state index in [2.05, 4.69) is 10.3 Å². The Morgan fingerprint density at radius 2 is 1.90 bits per heavy atom. The van der Waals surface area contributed by atoms with Crippen LogP contribution in [-0.2, 0) is 0 Å². The molecule has 0 atom stereocenters. The standard InChI is InChI=1S/C16H14ClN3O/c1-19-15-12(18)9-20-16-13(8-7-11(17)14(15)16)21-10-5-3-2-4-6-10/h2-9H,18H2,1H3,(H,19,20). The minimum Gasteiger partial charge on any atom is -0.455 e. The Morgan fingerprint density at radius 1 is 1.14 bits per heavy atom. The van der Waals surface area contributed by atoms with Gasteiger partial charge in [0.15, 0.2) is 5.75 Å². The summed E-state index contributed by atoms with van der Waals surface area (Å²) in [6, 6.07) is 13.1. The first-order valence-corrected chi connectivity index (χ1v) is 6.86. The van der Waals surface area contributed by atoms with Crippen molar-refractivity contribution < 1.29 is 4.74 Å². The number of hydrogen-bond donors (Lipinski definition) is 2. The Balaban J connectivity index is 2.19. The van der Waals surface area contributed by atoms with Crippen LogP contribution in [0.2, 0.25) is 5.02 Å². The van der Waals surface area contributed by atoms with Gasteiger partial charge in [-0.1, -0.05) is 29.8 Å². The van der Waals surface area contributed by atoms with Crippen molar-refractivity contribution in [2.24, 2.45) is 0 Å². The molecule has 0 spiro atoms. The zero-order valence-electron chi connectivity index (χ0n) is 11.4. The zero-order valence-corrected chi connectivity index (χ0v) is 12.2. The monoisotopic (exact) mass is 299 g/mol. The number of benzene rings is 2. The minimum absolute atomic E-state index is 0.545. The highest BCUT2D eigenvalue weighted by atomic mass is 35.5. The van der Waals surface area contributed by atoms with E-state index in [-0.39, 0.29) is 0 Å². The number of aromatic nitrogens is 1. The predicted molar refractivity (Wildman–Crippen MR) is 87.2 cm³/mol. The molecule has 3 N–H and O–H groups in total. The molecule has 0 aliphatic rings. The fourth-order valence-electron chi connectivity index (χ4n) is 2.22. The Kier molecular flexibility index (Phi) is 3.54. The van der Waals surface area contributed by atoms with Crippen LogP contribution in [-0.4, -0.2) is 12.0 Å². The molecule has 0 amide bonds. The average molecular weight is 300 g/mol. The number of nitrogens with one attached hydrogen (secondary N) is 1. The van der Waals surface area contributed by atoms with Gasteiger partial charge in [0.25, 0.3) is 0 Å². The van der Waals surface area contributed by atoms with Crippen LogP contribution < -0.4 is 15.8 Å². The quantitative estimate of drug-likeness (QED) is 0.757. The number of nitrogens with zero attached hydrogens (tertiary/aromatic N) is 1. The molecule has 106 valence electrons. The summed E-state index contributed by atoms with van der Waals surface area (Å²) in [6.07, 6.45) is 1.60. The first kappa shape index (κ1) is 13.5. The van der Waals surface area contributed by atoms with Crippen LogP contribution in [0, 0.1) is 0 Å². The second-order valence-electron chi connectivity index (χ2n) is 4.52. The number of fused-ring (bicyclic) bond motifs is 1. The van der Waals surface area contributed by atoms with Gasteiger partial charge in [0.1, 0.15) is 11.3 Å². The van der Waals surface area contributed by atoms with Crippen LogP contribution in [0.3, 0.4) is 0 Å². The number of hydrogen-bond acceptors (Lipinski definition) is 4. The number of nitrogen functional groups attached to an aromatic ring is 1. The van der Waals surface area contributed by atoms with E-state index in [4.69, 9.17) is 22.1 Å². The third-order valence-corrected chi connectivity index (χ3v) is 3.50. The summed E-state index contributed by atoms with van der Waals surface area (Å²) in [4.78, 5) is 4.37. The molecule has 0 saturated carbocycles. The van der Waals surface area contributed by atoms with Gasteiger partial charge in [-0.15, -0.1) is 0 Å². The maximum absolute atomic E-state index is 6.30. The second-order valence-corrected chi connectivity index (χ2v) is 4.93. The third-order valence-electron chi connectivity index (χ3n) is 3.18. The van der Waals surface area contributed by atoms with E-state index in [1.807, 2.05) is 30.3 Å². The Morgan fingerprint density at radius 3 is 2.62 bits per heavy atom. The van der Waals surface area contributed by atoms with E-state index in [9.17, 15) is 0 Å². The number of halogens is 1. The molecular formula is C16H14ClN3O. The summed E-state index contributed by atoms with van der Waals surface area (Å²) in [5.41, 5.74) is 7.91. The molecule has 3 aromatic rings. The molecule has 2 aromatic carbocycles. The fraction of sp³-hybridized carbons (Fsp3) is 0.0625. The Labute approximate surface area is 127 Å². The van der Waals surface area contributed by atoms with Crippen LogP contribution in [0.4, 0.5) is 11.4 Å². The van der Waals surface area contributed by atoms with Gasteiger partial charge < -0.3 is 15.8 Å². The van der Waals surface area contributed by atoms with Crippen molar-refractivity contribution in [3.8, 4) is 11.5 Å². The van der Waals surface area contributed by atoms with Gasteiger partial charge in [-0.05, 0) is 24.3 Å². The van der Waals surface area contributed by atoms with E-state index < -0.39 is 0 Å². The van der Waals surface area contributed by atoms with Crippen LogP contribution >= 0.6 is 11.6 Å². The van der Waals surface area contributed by atoms with Crippen molar-refractivity contribution in [1.29, 1.82) is 0 Å². The lowest BCUT2D eigenvalue weighted by Gasteiger charge is -2.13. The highest BCUT2D eigenvalue weighted by molar-refractivity contribution is 6.37. The molecule has 1 heterocycles. The summed E-state index contributed by atoms with van der Waals surface area (Å²) in [5.74, 6) is 1.38. The predicted octanol–water partition coefficient (Wildman–Crippen LogP) is 4.30. The lowest BCUT2D eigenvalue weighted by molar-refractivity contribution is 0.487. The molecule has 0 bridgehead atoms. The highest BCUT2D eigenvalue weighted by Gasteiger charge is 2.14. The van der Waals surface area contributed by atoms with E-state index in [0.717, 1.165) is 16.8 Å². The number of nitrogens with two attached hydrogens (primary N) is 1. The smallest absolute Gasteiger partial charge is 0.153 e. The van der Waals surface area contributed by atoms with Crippen LogP contribution in [0.1, 0.15) is 0 Å².